The fourth-order valence-corrected chi connectivity index (χ4v) is 6.35. The molecule has 310 valence electrons. The minimum absolute atomic E-state index is 0.0345. The third-order valence-corrected chi connectivity index (χ3v) is 9.81. The number of quaternary nitrogens is 1. The molecule has 0 aromatic rings. The quantitative estimate of drug-likeness (QED) is 0.0267. The first-order chi connectivity index (χ1) is 25.6. The first-order valence-corrected chi connectivity index (χ1v) is 21.9. The SMILES string of the molecule is CCCCCCCC/C=C/CCCCCC(=O)OC(COCCC(C(=O)[O-])[N+](C)(C)C)COC(=O)CCCCCCC/C=C/CCCCCCCCC. The Labute approximate surface area is 326 Å². The summed E-state index contributed by atoms with van der Waals surface area (Å²) >= 11 is 0. The van der Waals surface area contributed by atoms with Crippen molar-refractivity contribution in [3.05, 3.63) is 24.3 Å². The van der Waals surface area contributed by atoms with Gasteiger partial charge < -0.3 is 28.6 Å². The molecule has 0 fully saturated rings. The van der Waals surface area contributed by atoms with E-state index in [2.05, 4.69) is 38.2 Å². The maximum Gasteiger partial charge on any atom is 0.306 e. The standard InChI is InChI=1S/C45H83NO7/c1-6-8-10-12-14-16-18-20-21-22-24-25-27-29-31-33-35-43(47)52-40-41(39-51-38-37-42(45(49)50)46(3,4)5)53-44(48)36-34-32-30-28-26-23-19-17-15-13-11-9-7-2/h21-23,26,41-42H,6-20,24-25,27-40H2,1-5H3/b22-21+,26-23+. The van der Waals surface area contributed by atoms with Crippen LogP contribution in [0.1, 0.15) is 194 Å². The number of carboxylic acid groups (broad SMARTS) is 1. The summed E-state index contributed by atoms with van der Waals surface area (Å²) < 4.78 is 17.1. The van der Waals surface area contributed by atoms with Crippen molar-refractivity contribution in [1.82, 2.24) is 0 Å². The number of hydrogen-bond acceptors (Lipinski definition) is 7. The number of rotatable bonds is 39. The maximum absolute atomic E-state index is 12.7. The topological polar surface area (TPSA) is 102 Å². The van der Waals surface area contributed by atoms with Gasteiger partial charge in [-0.25, -0.2) is 0 Å². The Kier molecular flexibility index (Phi) is 35.2. The second-order valence-corrected chi connectivity index (χ2v) is 15.9. The van der Waals surface area contributed by atoms with Crippen molar-refractivity contribution in [3.8, 4) is 0 Å². The van der Waals surface area contributed by atoms with E-state index in [-0.39, 0.29) is 42.7 Å². The molecule has 2 unspecified atom stereocenters. The zero-order chi connectivity index (χ0) is 39.3. The largest absolute Gasteiger partial charge is 0.544 e. The smallest absolute Gasteiger partial charge is 0.306 e. The zero-order valence-electron chi connectivity index (χ0n) is 35.2. The number of nitrogens with zero attached hydrogens (tertiary/aromatic N) is 1. The monoisotopic (exact) mass is 750 g/mol. The van der Waals surface area contributed by atoms with Gasteiger partial charge in [0.15, 0.2) is 6.10 Å². The number of carboxylic acids is 1. The van der Waals surface area contributed by atoms with Crippen molar-refractivity contribution < 1.29 is 38.2 Å². The van der Waals surface area contributed by atoms with Crippen molar-refractivity contribution in [2.24, 2.45) is 0 Å². The molecule has 0 saturated heterocycles. The van der Waals surface area contributed by atoms with Crippen LogP contribution < -0.4 is 5.11 Å². The molecule has 0 rings (SSSR count). The van der Waals surface area contributed by atoms with Crippen LogP contribution in [-0.2, 0) is 28.6 Å². The van der Waals surface area contributed by atoms with Gasteiger partial charge in [0.25, 0.3) is 0 Å². The molecule has 8 nitrogen and oxygen atoms in total. The molecular weight excluding hydrogens is 666 g/mol. The third kappa shape index (κ3) is 35.3. The van der Waals surface area contributed by atoms with E-state index >= 15 is 0 Å². The Morgan fingerprint density at radius 1 is 0.547 bits per heavy atom. The van der Waals surface area contributed by atoms with Crippen LogP contribution in [0.5, 0.6) is 0 Å². The zero-order valence-corrected chi connectivity index (χ0v) is 35.2. The second-order valence-electron chi connectivity index (χ2n) is 15.9. The third-order valence-electron chi connectivity index (χ3n) is 9.81. The molecule has 0 saturated carbocycles. The van der Waals surface area contributed by atoms with Gasteiger partial charge in [0.1, 0.15) is 12.6 Å². The van der Waals surface area contributed by atoms with Crippen LogP contribution in [0.3, 0.4) is 0 Å². The number of unbranched alkanes of at least 4 members (excludes halogenated alkanes) is 21. The Hall–Kier alpha value is -2.19. The molecule has 0 heterocycles. The Morgan fingerprint density at radius 3 is 1.38 bits per heavy atom. The van der Waals surface area contributed by atoms with Crippen LogP contribution in [0, 0.1) is 0 Å². The minimum Gasteiger partial charge on any atom is -0.544 e. The van der Waals surface area contributed by atoms with E-state index in [1.54, 1.807) is 21.1 Å². The lowest BCUT2D eigenvalue weighted by atomic mass is 10.1. The van der Waals surface area contributed by atoms with Crippen LogP contribution >= 0.6 is 0 Å². The summed E-state index contributed by atoms with van der Waals surface area (Å²) in [6.07, 6.45) is 39.1. The summed E-state index contributed by atoms with van der Waals surface area (Å²) in [5.74, 6) is -1.76. The summed E-state index contributed by atoms with van der Waals surface area (Å²) in [5.41, 5.74) is 0. The lowest BCUT2D eigenvalue weighted by Gasteiger charge is -2.34. The number of carbonyl (C=O) groups is 3. The molecule has 0 aliphatic heterocycles. The average molecular weight is 750 g/mol. The van der Waals surface area contributed by atoms with Gasteiger partial charge in [-0.1, -0.05) is 134 Å². The van der Waals surface area contributed by atoms with Crippen molar-refractivity contribution in [3.63, 3.8) is 0 Å². The normalized spacial score (nSPS) is 13.2. The number of aliphatic carboxylic acids is 1. The molecule has 53 heavy (non-hydrogen) atoms. The van der Waals surface area contributed by atoms with Crippen LogP contribution in [0.2, 0.25) is 0 Å². The van der Waals surface area contributed by atoms with Gasteiger partial charge in [-0.05, 0) is 64.2 Å². The number of carbonyl (C=O) groups excluding carboxylic acids is 3. The molecule has 0 aromatic carbocycles. The number of likely N-dealkylation sites (N-methyl/N-ethyl adjacent to an activating group) is 1. The summed E-state index contributed by atoms with van der Waals surface area (Å²) in [6.45, 7) is 4.63. The molecule has 0 bridgehead atoms. The molecule has 0 aliphatic rings. The van der Waals surface area contributed by atoms with E-state index in [1.807, 2.05) is 0 Å². The van der Waals surface area contributed by atoms with Crippen molar-refractivity contribution in [1.29, 1.82) is 0 Å². The first-order valence-electron chi connectivity index (χ1n) is 21.9. The van der Waals surface area contributed by atoms with E-state index in [4.69, 9.17) is 14.2 Å². The molecule has 0 spiro atoms. The number of ether oxygens (including phenoxy) is 3. The van der Waals surface area contributed by atoms with Gasteiger partial charge in [0.2, 0.25) is 0 Å². The summed E-state index contributed by atoms with van der Waals surface area (Å²) in [7, 11) is 5.40. The molecular formula is C45H83NO7. The van der Waals surface area contributed by atoms with Gasteiger partial charge in [0, 0.05) is 19.3 Å². The van der Waals surface area contributed by atoms with E-state index in [0.717, 1.165) is 64.2 Å². The highest BCUT2D eigenvalue weighted by Crippen LogP contribution is 2.13. The highest BCUT2D eigenvalue weighted by atomic mass is 16.6. The fraction of sp³-hybridized carbons (Fsp3) is 0.844. The van der Waals surface area contributed by atoms with Crippen LogP contribution in [0.15, 0.2) is 24.3 Å². The van der Waals surface area contributed by atoms with Gasteiger partial charge in [0.05, 0.1) is 40.3 Å². The predicted molar refractivity (Wildman–Crippen MR) is 217 cm³/mol. The van der Waals surface area contributed by atoms with Gasteiger partial charge in [-0.2, -0.15) is 0 Å². The van der Waals surface area contributed by atoms with Crippen LogP contribution in [-0.4, -0.2) is 75.5 Å². The number of esters is 2. The summed E-state index contributed by atoms with van der Waals surface area (Å²) in [4.78, 5) is 36.8. The highest BCUT2D eigenvalue weighted by molar-refractivity contribution is 5.70. The molecule has 2 atom stereocenters. The van der Waals surface area contributed by atoms with Crippen LogP contribution in [0.25, 0.3) is 0 Å². The van der Waals surface area contributed by atoms with E-state index in [1.165, 1.54) is 96.3 Å². The Bertz CT molecular complexity index is 926. The Balaban J connectivity index is 4.37. The van der Waals surface area contributed by atoms with Gasteiger partial charge in [-0.15, -0.1) is 0 Å². The predicted octanol–water partition coefficient (Wildman–Crippen LogP) is 10.4. The second kappa shape index (κ2) is 36.8. The lowest BCUT2D eigenvalue weighted by Crippen LogP contribution is -2.55. The van der Waals surface area contributed by atoms with Crippen molar-refractivity contribution in [2.75, 3.05) is 41.0 Å². The summed E-state index contributed by atoms with van der Waals surface area (Å²) in [6, 6.07) is -0.726. The highest BCUT2D eigenvalue weighted by Gasteiger charge is 2.25. The Morgan fingerprint density at radius 2 is 0.943 bits per heavy atom. The van der Waals surface area contributed by atoms with E-state index in [0.29, 0.717) is 12.8 Å². The summed E-state index contributed by atoms with van der Waals surface area (Å²) in [5, 5.41) is 11.6. The number of allylic oxidation sites excluding steroid dienone is 4. The molecule has 0 radical (unpaired) electrons. The first kappa shape index (κ1) is 50.8. The van der Waals surface area contributed by atoms with Crippen molar-refractivity contribution in [2.45, 2.75) is 206 Å². The number of hydrogen-bond donors (Lipinski definition) is 0. The fourth-order valence-electron chi connectivity index (χ4n) is 6.35. The average Bonchev–Trinajstić information content (AvgIpc) is 3.11. The van der Waals surface area contributed by atoms with Gasteiger partial charge >= 0.3 is 11.9 Å². The van der Waals surface area contributed by atoms with Crippen LogP contribution in [0.4, 0.5) is 0 Å². The van der Waals surface area contributed by atoms with Crippen molar-refractivity contribution >= 4 is 17.9 Å². The van der Waals surface area contributed by atoms with E-state index < -0.39 is 18.1 Å². The molecule has 0 N–H and O–H groups in total. The molecule has 0 aromatic heterocycles. The maximum atomic E-state index is 12.7. The minimum atomic E-state index is -1.13. The van der Waals surface area contributed by atoms with Gasteiger partial charge in [-0.3, -0.25) is 9.59 Å². The molecule has 0 amide bonds. The van der Waals surface area contributed by atoms with E-state index in [9.17, 15) is 19.5 Å². The molecule has 8 heteroatoms. The lowest BCUT2D eigenvalue weighted by molar-refractivity contribution is -0.889. The molecule has 0 aliphatic carbocycles.